The lowest BCUT2D eigenvalue weighted by molar-refractivity contribution is -0.116. The van der Waals surface area contributed by atoms with Crippen molar-refractivity contribution < 1.29 is 9.59 Å². The Hall–Kier alpha value is -2.14. The Balaban J connectivity index is 1.35. The number of piperidine rings is 1. The summed E-state index contributed by atoms with van der Waals surface area (Å²) in [4.78, 5) is 26.3. The van der Waals surface area contributed by atoms with Crippen LogP contribution >= 0.6 is 0 Å². The fourth-order valence-corrected chi connectivity index (χ4v) is 3.17. The number of nitrogens with one attached hydrogen (secondary N) is 2. The fourth-order valence-electron chi connectivity index (χ4n) is 3.17. The Morgan fingerprint density at radius 3 is 2.50 bits per heavy atom. The second-order valence-electron chi connectivity index (χ2n) is 7.25. The predicted octanol–water partition coefficient (Wildman–Crippen LogP) is 2.58. The number of carbonyl (C=O) groups excluding carboxylic acids is 2. The average molecular weight is 355 g/mol. The molecule has 1 saturated carbocycles. The predicted molar refractivity (Wildman–Crippen MR) is 104 cm³/mol. The van der Waals surface area contributed by atoms with Crippen LogP contribution in [0.2, 0.25) is 0 Å². The van der Waals surface area contributed by atoms with Crippen molar-refractivity contribution in [2.24, 2.45) is 0 Å². The van der Waals surface area contributed by atoms with Crippen molar-refractivity contribution in [2.45, 2.75) is 44.6 Å². The van der Waals surface area contributed by atoms with Gasteiger partial charge >= 0.3 is 0 Å². The van der Waals surface area contributed by atoms with Crippen LogP contribution in [-0.2, 0) is 4.79 Å². The summed E-state index contributed by atoms with van der Waals surface area (Å²) in [6, 6.07) is 7.69. The molecule has 26 heavy (non-hydrogen) atoms. The Labute approximate surface area is 155 Å². The van der Waals surface area contributed by atoms with Crippen molar-refractivity contribution in [2.75, 3.05) is 26.2 Å². The molecule has 0 aromatic heterocycles. The van der Waals surface area contributed by atoms with E-state index in [2.05, 4.69) is 15.5 Å². The summed E-state index contributed by atoms with van der Waals surface area (Å²) in [6.45, 7) is 4.17. The number of likely N-dealkylation sites (tertiary alicyclic amines) is 1. The summed E-state index contributed by atoms with van der Waals surface area (Å²) in [6.07, 6.45) is 10.4. The highest BCUT2D eigenvalue weighted by atomic mass is 16.2. The molecule has 1 aromatic carbocycles. The molecule has 1 aliphatic heterocycles. The van der Waals surface area contributed by atoms with Crippen molar-refractivity contribution >= 4 is 17.9 Å². The first-order valence-electron chi connectivity index (χ1n) is 9.80. The minimum atomic E-state index is -0.0702. The largest absolute Gasteiger partial charge is 0.353 e. The minimum absolute atomic E-state index is 0.0190. The molecule has 1 heterocycles. The third-order valence-corrected chi connectivity index (χ3v) is 4.91. The van der Waals surface area contributed by atoms with E-state index in [9.17, 15) is 9.59 Å². The molecule has 1 aliphatic carbocycles. The number of amides is 2. The lowest BCUT2D eigenvalue weighted by atomic mass is 10.1. The lowest BCUT2D eigenvalue weighted by Gasteiger charge is -2.26. The molecule has 0 spiro atoms. The van der Waals surface area contributed by atoms with Gasteiger partial charge in [-0.25, -0.2) is 0 Å². The first kappa shape index (κ1) is 18.6. The molecule has 2 fully saturated rings. The van der Waals surface area contributed by atoms with Crippen molar-refractivity contribution in [1.29, 1.82) is 0 Å². The highest BCUT2D eigenvalue weighted by Gasteiger charge is 2.23. The van der Waals surface area contributed by atoms with E-state index in [0.717, 1.165) is 31.4 Å². The van der Waals surface area contributed by atoms with Crippen molar-refractivity contribution in [3.63, 3.8) is 0 Å². The third kappa shape index (κ3) is 6.30. The number of benzene rings is 1. The number of carbonyl (C=O) groups is 2. The van der Waals surface area contributed by atoms with E-state index in [1.165, 1.54) is 32.4 Å². The standard InChI is InChI=1S/C21H29N3O2/c25-20(22-13-4-16-24-14-2-1-3-15-24)12-7-17-5-8-18(9-6-17)21(26)23-19-10-11-19/h5-9,12,19H,1-4,10-11,13-16H2,(H,22,25)(H,23,26)/b12-7+. The molecule has 1 aromatic rings. The monoisotopic (exact) mass is 355 g/mol. The molecule has 0 unspecified atom stereocenters. The second-order valence-corrected chi connectivity index (χ2v) is 7.25. The van der Waals surface area contributed by atoms with Crippen LogP contribution in [0.5, 0.6) is 0 Å². The van der Waals surface area contributed by atoms with Crippen LogP contribution in [0.3, 0.4) is 0 Å². The summed E-state index contributed by atoms with van der Waals surface area (Å²) in [5.74, 6) is -0.0892. The van der Waals surface area contributed by atoms with Gasteiger partial charge in [0.15, 0.2) is 0 Å². The van der Waals surface area contributed by atoms with Crippen molar-refractivity contribution in [1.82, 2.24) is 15.5 Å². The molecule has 2 amide bonds. The number of nitrogens with zero attached hydrogens (tertiary/aromatic N) is 1. The van der Waals surface area contributed by atoms with E-state index in [1.54, 1.807) is 24.3 Å². The Morgan fingerprint density at radius 1 is 1.08 bits per heavy atom. The summed E-state index contributed by atoms with van der Waals surface area (Å²) in [7, 11) is 0. The minimum Gasteiger partial charge on any atom is -0.353 e. The van der Waals surface area contributed by atoms with Gasteiger partial charge in [-0.2, -0.15) is 0 Å². The van der Waals surface area contributed by atoms with Gasteiger partial charge in [-0.3, -0.25) is 9.59 Å². The van der Waals surface area contributed by atoms with Gasteiger partial charge in [-0.1, -0.05) is 18.6 Å². The topological polar surface area (TPSA) is 61.4 Å². The van der Waals surface area contributed by atoms with Crippen LogP contribution in [0.4, 0.5) is 0 Å². The maximum absolute atomic E-state index is 11.9. The van der Waals surface area contributed by atoms with E-state index < -0.39 is 0 Å². The van der Waals surface area contributed by atoms with Crippen LogP contribution in [0.15, 0.2) is 30.3 Å². The van der Waals surface area contributed by atoms with Crippen LogP contribution in [-0.4, -0.2) is 48.9 Å². The maximum atomic E-state index is 11.9. The Bertz CT molecular complexity index is 629. The van der Waals surface area contributed by atoms with Gasteiger partial charge in [0.05, 0.1) is 0 Å². The van der Waals surface area contributed by atoms with E-state index in [4.69, 9.17) is 0 Å². The first-order chi connectivity index (χ1) is 12.7. The number of hydrogen-bond acceptors (Lipinski definition) is 3. The van der Waals surface area contributed by atoms with Gasteiger partial charge in [-0.05, 0) is 75.5 Å². The molecule has 1 saturated heterocycles. The molecule has 5 heteroatoms. The van der Waals surface area contributed by atoms with Crippen LogP contribution in [0, 0.1) is 0 Å². The average Bonchev–Trinajstić information content (AvgIpc) is 3.49. The molecule has 0 radical (unpaired) electrons. The van der Waals surface area contributed by atoms with Gasteiger partial charge in [-0.15, -0.1) is 0 Å². The molecule has 2 aliphatic rings. The molecule has 0 atom stereocenters. The molecular weight excluding hydrogens is 326 g/mol. The Morgan fingerprint density at radius 2 is 1.81 bits per heavy atom. The highest BCUT2D eigenvalue weighted by molar-refractivity contribution is 5.95. The zero-order chi connectivity index (χ0) is 18.2. The summed E-state index contributed by atoms with van der Waals surface area (Å²) >= 11 is 0. The molecule has 140 valence electrons. The fraction of sp³-hybridized carbons (Fsp3) is 0.524. The summed E-state index contributed by atoms with van der Waals surface area (Å²) in [5, 5.41) is 5.90. The summed E-state index contributed by atoms with van der Waals surface area (Å²) < 4.78 is 0. The van der Waals surface area contributed by atoms with Crippen LogP contribution in [0.1, 0.15) is 54.4 Å². The van der Waals surface area contributed by atoms with E-state index in [0.29, 0.717) is 18.2 Å². The van der Waals surface area contributed by atoms with E-state index in [1.807, 2.05) is 12.1 Å². The smallest absolute Gasteiger partial charge is 0.251 e. The SMILES string of the molecule is O=C(/C=C/c1ccc(C(=O)NC2CC2)cc1)NCCCN1CCCCC1. The Kier molecular flexibility index (Phi) is 6.83. The van der Waals surface area contributed by atoms with Gasteiger partial charge in [0, 0.05) is 24.2 Å². The highest BCUT2D eigenvalue weighted by Crippen LogP contribution is 2.19. The van der Waals surface area contributed by atoms with E-state index in [-0.39, 0.29) is 11.8 Å². The maximum Gasteiger partial charge on any atom is 0.251 e. The summed E-state index contributed by atoms with van der Waals surface area (Å²) in [5.41, 5.74) is 1.58. The number of hydrogen-bond donors (Lipinski definition) is 2. The van der Waals surface area contributed by atoms with E-state index >= 15 is 0 Å². The van der Waals surface area contributed by atoms with Crippen LogP contribution < -0.4 is 10.6 Å². The van der Waals surface area contributed by atoms with Gasteiger partial charge < -0.3 is 15.5 Å². The normalized spacial score (nSPS) is 18.0. The molecular formula is C21H29N3O2. The number of rotatable bonds is 8. The second kappa shape index (κ2) is 9.53. The third-order valence-electron chi connectivity index (χ3n) is 4.91. The van der Waals surface area contributed by atoms with Crippen molar-refractivity contribution in [3.05, 3.63) is 41.5 Å². The zero-order valence-electron chi connectivity index (χ0n) is 15.4. The first-order valence-corrected chi connectivity index (χ1v) is 9.80. The van der Waals surface area contributed by atoms with Crippen LogP contribution in [0.25, 0.3) is 6.08 Å². The molecule has 5 nitrogen and oxygen atoms in total. The van der Waals surface area contributed by atoms with Gasteiger partial charge in [0.2, 0.25) is 5.91 Å². The quantitative estimate of drug-likeness (QED) is 0.557. The van der Waals surface area contributed by atoms with Crippen molar-refractivity contribution in [3.8, 4) is 0 Å². The van der Waals surface area contributed by atoms with Gasteiger partial charge in [0.1, 0.15) is 0 Å². The molecule has 2 N–H and O–H groups in total. The lowest BCUT2D eigenvalue weighted by Crippen LogP contribution is -2.33. The molecule has 3 rings (SSSR count). The zero-order valence-corrected chi connectivity index (χ0v) is 15.4. The molecule has 0 bridgehead atoms. The van der Waals surface area contributed by atoms with Gasteiger partial charge in [0.25, 0.3) is 5.91 Å².